The molecule has 0 spiro atoms. The van der Waals surface area contributed by atoms with Crippen LogP contribution < -0.4 is 10.9 Å². The molecule has 3 atom stereocenters. The van der Waals surface area contributed by atoms with Crippen molar-refractivity contribution in [3.8, 4) is 0 Å². The van der Waals surface area contributed by atoms with Crippen LogP contribution in [0.4, 0.5) is 18.9 Å². The molecule has 3 aromatic heterocycles. The summed E-state index contributed by atoms with van der Waals surface area (Å²) < 4.78 is 48.2. The number of thiazole rings is 1. The second-order valence-electron chi connectivity index (χ2n) is 9.47. The first-order valence-electron chi connectivity index (χ1n) is 12.0. The van der Waals surface area contributed by atoms with Gasteiger partial charge in [-0.3, -0.25) is 9.59 Å². The molecule has 1 fully saturated rings. The summed E-state index contributed by atoms with van der Waals surface area (Å²) in [5.41, 5.74) is -1.06. The molecule has 200 valence electrons. The third-order valence-corrected chi connectivity index (χ3v) is 7.21. The molecule has 4 aromatic rings. The number of fused-ring (bicyclic) bond motifs is 2. The highest BCUT2D eigenvalue weighted by atomic mass is 32.1. The van der Waals surface area contributed by atoms with Crippen LogP contribution in [0.5, 0.6) is 0 Å². The summed E-state index contributed by atoms with van der Waals surface area (Å²) in [6.07, 6.45) is -4.85. The standard InChI is InChI=1S/C25H25F3N6O3S/c1-11-9-34(10-12(2)37-11)24(36)23-32-17-6-5-15(7-19(17)38-23)29-13(3)20-16(25(26,27)28)8-18-21(33-20)22(35)31-14(4)30-18/h5-8,11-13,29H,9-10H2,1-4H3,(H,30,31,35)/t11-,12+,13-/m0/s1. The molecule has 4 heterocycles. The highest BCUT2D eigenvalue weighted by molar-refractivity contribution is 7.20. The molecule has 1 aromatic carbocycles. The number of aromatic nitrogens is 4. The molecule has 0 radical (unpaired) electrons. The second-order valence-corrected chi connectivity index (χ2v) is 10.5. The fourth-order valence-electron chi connectivity index (χ4n) is 4.66. The fraction of sp³-hybridized carbons (Fsp3) is 0.400. The lowest BCUT2D eigenvalue weighted by Gasteiger charge is -2.34. The Morgan fingerprint density at radius 2 is 1.87 bits per heavy atom. The van der Waals surface area contributed by atoms with Crippen molar-refractivity contribution in [1.82, 2.24) is 24.8 Å². The number of nitrogens with zero attached hydrogens (tertiary/aromatic N) is 4. The maximum atomic E-state index is 13.9. The van der Waals surface area contributed by atoms with Crippen LogP contribution in [0.15, 0.2) is 29.1 Å². The SMILES string of the molecule is Cc1nc2cc(C(F)(F)F)c([C@H](C)Nc3ccc4nc(C(=O)N5C[C@@H](C)O[C@@H](C)C5)sc4c3)nc2c(=O)[nH]1. The van der Waals surface area contributed by atoms with Crippen molar-refractivity contribution < 1.29 is 22.7 Å². The minimum Gasteiger partial charge on any atom is -0.377 e. The third-order valence-electron chi connectivity index (χ3n) is 6.21. The van der Waals surface area contributed by atoms with Gasteiger partial charge in [0.1, 0.15) is 5.82 Å². The highest BCUT2D eigenvalue weighted by Gasteiger charge is 2.36. The molecule has 0 saturated carbocycles. The van der Waals surface area contributed by atoms with Gasteiger partial charge in [-0.15, -0.1) is 11.3 Å². The lowest BCUT2D eigenvalue weighted by molar-refractivity contribution is -0.138. The van der Waals surface area contributed by atoms with E-state index in [1.807, 2.05) is 13.8 Å². The minimum absolute atomic E-state index is 0.0740. The zero-order valence-corrected chi connectivity index (χ0v) is 21.8. The van der Waals surface area contributed by atoms with Crippen molar-refractivity contribution in [3.05, 3.63) is 56.7 Å². The van der Waals surface area contributed by atoms with Gasteiger partial charge in [-0.2, -0.15) is 13.2 Å². The molecule has 9 nitrogen and oxygen atoms in total. The van der Waals surface area contributed by atoms with Crippen molar-refractivity contribution in [3.63, 3.8) is 0 Å². The number of aryl methyl sites for hydroxylation is 1. The summed E-state index contributed by atoms with van der Waals surface area (Å²) in [6.45, 7) is 7.79. The van der Waals surface area contributed by atoms with E-state index in [9.17, 15) is 22.8 Å². The molecular formula is C25H25F3N6O3S. The number of halogens is 3. The summed E-state index contributed by atoms with van der Waals surface area (Å²) in [7, 11) is 0. The molecule has 1 saturated heterocycles. The van der Waals surface area contributed by atoms with E-state index in [4.69, 9.17) is 4.74 Å². The van der Waals surface area contributed by atoms with Gasteiger partial charge in [0.15, 0.2) is 10.5 Å². The Hall–Kier alpha value is -3.58. The van der Waals surface area contributed by atoms with Crippen molar-refractivity contribution in [2.45, 2.75) is 52.1 Å². The molecule has 0 bridgehead atoms. The Balaban J connectivity index is 1.44. The number of carbonyl (C=O) groups is 1. The Kier molecular flexibility index (Phi) is 6.59. The van der Waals surface area contributed by atoms with Crippen molar-refractivity contribution in [2.75, 3.05) is 18.4 Å². The number of H-pyrrole nitrogens is 1. The molecule has 38 heavy (non-hydrogen) atoms. The summed E-state index contributed by atoms with van der Waals surface area (Å²) in [5, 5.41) is 3.38. The monoisotopic (exact) mass is 546 g/mol. The number of alkyl halides is 3. The topological polar surface area (TPSA) is 113 Å². The molecule has 13 heteroatoms. The maximum absolute atomic E-state index is 13.9. The van der Waals surface area contributed by atoms with E-state index >= 15 is 0 Å². The van der Waals surface area contributed by atoms with E-state index in [-0.39, 0.29) is 40.7 Å². The van der Waals surface area contributed by atoms with E-state index < -0.39 is 23.3 Å². The van der Waals surface area contributed by atoms with Crippen LogP contribution in [0, 0.1) is 6.92 Å². The lowest BCUT2D eigenvalue weighted by Crippen LogP contribution is -2.48. The zero-order valence-electron chi connectivity index (χ0n) is 21.0. The number of rotatable bonds is 4. The molecule has 0 unspecified atom stereocenters. The number of hydrogen-bond donors (Lipinski definition) is 2. The normalized spacial score (nSPS) is 19.2. The maximum Gasteiger partial charge on any atom is 0.418 e. The lowest BCUT2D eigenvalue weighted by atomic mass is 10.1. The molecule has 2 N–H and O–H groups in total. The zero-order chi connectivity index (χ0) is 27.4. The van der Waals surface area contributed by atoms with Crippen LogP contribution in [-0.4, -0.2) is 56.0 Å². The summed E-state index contributed by atoms with van der Waals surface area (Å²) in [6, 6.07) is 5.07. The molecule has 1 aliphatic heterocycles. The summed E-state index contributed by atoms with van der Waals surface area (Å²) >= 11 is 1.22. The van der Waals surface area contributed by atoms with Crippen LogP contribution in [0.3, 0.4) is 0 Å². The first-order valence-corrected chi connectivity index (χ1v) is 12.8. The third kappa shape index (κ3) is 5.07. The number of ether oxygens (including phenoxy) is 1. The van der Waals surface area contributed by atoms with Gasteiger partial charge < -0.3 is 19.9 Å². The molecular weight excluding hydrogens is 521 g/mol. The number of aromatic amines is 1. The second kappa shape index (κ2) is 9.62. The van der Waals surface area contributed by atoms with Crippen LogP contribution in [0.25, 0.3) is 21.3 Å². The molecule has 5 rings (SSSR count). The number of benzene rings is 1. The average Bonchev–Trinajstić information content (AvgIpc) is 3.25. The van der Waals surface area contributed by atoms with E-state index in [1.54, 1.807) is 23.1 Å². The van der Waals surface area contributed by atoms with Gasteiger partial charge in [-0.25, -0.2) is 15.0 Å². The van der Waals surface area contributed by atoms with Crippen LogP contribution >= 0.6 is 11.3 Å². The van der Waals surface area contributed by atoms with E-state index in [0.29, 0.717) is 34.0 Å². The van der Waals surface area contributed by atoms with Crippen LogP contribution in [0.1, 0.15) is 53.7 Å². The Bertz CT molecular complexity index is 1590. The van der Waals surface area contributed by atoms with E-state index in [2.05, 4.69) is 25.3 Å². The Morgan fingerprint density at radius 1 is 1.16 bits per heavy atom. The van der Waals surface area contributed by atoms with Crippen molar-refractivity contribution in [2.24, 2.45) is 0 Å². The summed E-state index contributed by atoms with van der Waals surface area (Å²) in [5.74, 6) is 0.0185. The predicted molar refractivity (Wildman–Crippen MR) is 137 cm³/mol. The molecule has 1 amide bonds. The Labute approximate surface area is 219 Å². The smallest absolute Gasteiger partial charge is 0.377 e. The molecule has 0 aliphatic carbocycles. The Morgan fingerprint density at radius 3 is 2.55 bits per heavy atom. The van der Waals surface area contributed by atoms with E-state index in [1.165, 1.54) is 25.2 Å². The number of hydrogen-bond acceptors (Lipinski definition) is 8. The number of anilines is 1. The van der Waals surface area contributed by atoms with Gasteiger partial charge in [0.2, 0.25) is 0 Å². The van der Waals surface area contributed by atoms with Crippen LogP contribution in [0.2, 0.25) is 0 Å². The van der Waals surface area contributed by atoms with Crippen molar-refractivity contribution in [1.29, 1.82) is 0 Å². The fourth-order valence-corrected chi connectivity index (χ4v) is 5.63. The number of pyridine rings is 1. The van der Waals surface area contributed by atoms with Gasteiger partial charge in [0.05, 0.1) is 45.2 Å². The van der Waals surface area contributed by atoms with Gasteiger partial charge in [0, 0.05) is 18.8 Å². The average molecular weight is 547 g/mol. The van der Waals surface area contributed by atoms with Gasteiger partial charge in [0.25, 0.3) is 11.5 Å². The number of morpholine rings is 1. The predicted octanol–water partition coefficient (Wildman–Crippen LogP) is 4.68. The first-order chi connectivity index (χ1) is 17.9. The minimum atomic E-state index is -4.70. The quantitative estimate of drug-likeness (QED) is 0.382. The summed E-state index contributed by atoms with van der Waals surface area (Å²) in [4.78, 5) is 42.1. The van der Waals surface area contributed by atoms with Gasteiger partial charge in [-0.05, 0) is 52.0 Å². The van der Waals surface area contributed by atoms with Gasteiger partial charge >= 0.3 is 6.18 Å². The van der Waals surface area contributed by atoms with E-state index in [0.717, 1.165) is 6.07 Å². The van der Waals surface area contributed by atoms with Crippen LogP contribution in [-0.2, 0) is 10.9 Å². The first kappa shape index (κ1) is 26.0. The molecule has 1 aliphatic rings. The van der Waals surface area contributed by atoms with Gasteiger partial charge in [-0.1, -0.05) is 0 Å². The number of amides is 1. The largest absolute Gasteiger partial charge is 0.418 e. The highest BCUT2D eigenvalue weighted by Crippen LogP contribution is 2.36. The number of carbonyl (C=O) groups excluding carboxylic acids is 1. The number of nitrogens with one attached hydrogen (secondary N) is 2. The van der Waals surface area contributed by atoms with Crippen molar-refractivity contribution >= 4 is 44.2 Å².